The third-order valence-electron chi connectivity index (χ3n) is 4.47. The molecule has 106 valence electrons. The minimum atomic E-state index is 0.399. The van der Waals surface area contributed by atoms with Crippen LogP contribution in [0.5, 0.6) is 0 Å². The van der Waals surface area contributed by atoms with E-state index in [0.717, 1.165) is 24.4 Å². The van der Waals surface area contributed by atoms with Crippen molar-refractivity contribution >= 4 is 0 Å². The Bertz CT molecular complexity index is 263. The van der Waals surface area contributed by atoms with Crippen molar-refractivity contribution in [3.8, 4) is 0 Å². The van der Waals surface area contributed by atoms with Gasteiger partial charge in [-0.3, -0.25) is 4.90 Å². The number of hydrogen-bond acceptors (Lipinski definition) is 2. The van der Waals surface area contributed by atoms with Gasteiger partial charge >= 0.3 is 0 Å². The first-order valence-corrected chi connectivity index (χ1v) is 7.81. The first kappa shape index (κ1) is 14.3. The Kier molecular flexibility index (Phi) is 4.38. The second-order valence-corrected chi connectivity index (χ2v) is 8.16. The van der Waals surface area contributed by atoms with E-state index in [1.54, 1.807) is 0 Å². The maximum atomic E-state index is 3.79. The molecule has 1 N–H and O–H groups in total. The van der Waals surface area contributed by atoms with Gasteiger partial charge in [-0.05, 0) is 36.5 Å². The molecule has 1 saturated carbocycles. The van der Waals surface area contributed by atoms with Gasteiger partial charge in [0.15, 0.2) is 0 Å². The molecule has 2 fully saturated rings. The molecule has 2 heteroatoms. The number of likely N-dealkylation sites (tertiary alicyclic amines) is 1. The van der Waals surface area contributed by atoms with Gasteiger partial charge in [0.25, 0.3) is 0 Å². The molecule has 1 heterocycles. The molecule has 1 saturated heterocycles. The van der Waals surface area contributed by atoms with Crippen LogP contribution in [0.25, 0.3) is 0 Å². The summed E-state index contributed by atoms with van der Waals surface area (Å²) in [7, 11) is 0. The molecule has 18 heavy (non-hydrogen) atoms. The van der Waals surface area contributed by atoms with E-state index in [4.69, 9.17) is 0 Å². The molecule has 2 nitrogen and oxygen atoms in total. The SMILES string of the molecule is CC1CC(N2CC(C)CC(NCC(C)(C)C)C2)C1. The van der Waals surface area contributed by atoms with Crippen LogP contribution in [-0.2, 0) is 0 Å². The van der Waals surface area contributed by atoms with Crippen LogP contribution in [-0.4, -0.2) is 36.6 Å². The summed E-state index contributed by atoms with van der Waals surface area (Å²) in [5, 5.41) is 3.79. The quantitative estimate of drug-likeness (QED) is 0.830. The summed E-state index contributed by atoms with van der Waals surface area (Å²) in [5.74, 6) is 1.82. The van der Waals surface area contributed by atoms with Gasteiger partial charge < -0.3 is 5.32 Å². The number of hydrogen-bond donors (Lipinski definition) is 1. The van der Waals surface area contributed by atoms with Gasteiger partial charge in [0.1, 0.15) is 0 Å². The minimum absolute atomic E-state index is 0.399. The van der Waals surface area contributed by atoms with Crippen LogP contribution >= 0.6 is 0 Å². The van der Waals surface area contributed by atoms with Gasteiger partial charge in [0, 0.05) is 31.7 Å². The highest BCUT2D eigenvalue weighted by Gasteiger charge is 2.35. The minimum Gasteiger partial charge on any atom is -0.312 e. The van der Waals surface area contributed by atoms with Gasteiger partial charge in [0.2, 0.25) is 0 Å². The molecule has 2 rings (SSSR count). The lowest BCUT2D eigenvalue weighted by atomic mass is 9.79. The molecular formula is C16H32N2. The summed E-state index contributed by atoms with van der Waals surface area (Å²) in [4.78, 5) is 2.76. The Morgan fingerprint density at radius 3 is 2.22 bits per heavy atom. The van der Waals surface area contributed by atoms with Crippen molar-refractivity contribution < 1.29 is 0 Å². The fraction of sp³-hybridized carbons (Fsp3) is 1.00. The number of rotatable bonds is 3. The molecule has 0 radical (unpaired) electrons. The Morgan fingerprint density at radius 1 is 1.00 bits per heavy atom. The zero-order valence-corrected chi connectivity index (χ0v) is 13.0. The van der Waals surface area contributed by atoms with Crippen LogP contribution in [0, 0.1) is 17.3 Å². The van der Waals surface area contributed by atoms with Gasteiger partial charge in [-0.25, -0.2) is 0 Å². The lowest BCUT2D eigenvalue weighted by Crippen LogP contribution is -2.55. The molecule has 2 atom stereocenters. The monoisotopic (exact) mass is 252 g/mol. The fourth-order valence-corrected chi connectivity index (χ4v) is 3.45. The normalized spacial score (nSPS) is 38.5. The first-order valence-electron chi connectivity index (χ1n) is 7.81. The maximum Gasteiger partial charge on any atom is 0.0198 e. The standard InChI is InChI=1S/C16H32N2/c1-12-7-15(8-12)18-9-13(2)6-14(10-18)17-11-16(3,4)5/h12-15,17H,6-11H2,1-5H3. The Morgan fingerprint density at radius 2 is 1.67 bits per heavy atom. The summed E-state index contributed by atoms with van der Waals surface area (Å²) in [6.07, 6.45) is 4.21. The van der Waals surface area contributed by atoms with Crippen molar-refractivity contribution in [2.75, 3.05) is 19.6 Å². The Hall–Kier alpha value is -0.0800. The Labute approximate surface area is 114 Å². The molecule has 0 aromatic rings. The van der Waals surface area contributed by atoms with Gasteiger partial charge in [-0.2, -0.15) is 0 Å². The molecule has 1 aliphatic heterocycles. The van der Waals surface area contributed by atoms with Crippen LogP contribution in [0.3, 0.4) is 0 Å². The van der Waals surface area contributed by atoms with E-state index >= 15 is 0 Å². The lowest BCUT2D eigenvalue weighted by Gasteiger charge is -2.47. The zero-order chi connectivity index (χ0) is 13.3. The van der Waals surface area contributed by atoms with E-state index < -0.39 is 0 Å². The number of nitrogens with one attached hydrogen (secondary N) is 1. The van der Waals surface area contributed by atoms with Crippen molar-refractivity contribution in [2.24, 2.45) is 17.3 Å². The number of nitrogens with zero attached hydrogens (tertiary/aromatic N) is 1. The van der Waals surface area contributed by atoms with Crippen LogP contribution < -0.4 is 5.32 Å². The average Bonchev–Trinajstić information content (AvgIpc) is 2.20. The maximum absolute atomic E-state index is 3.79. The molecule has 1 aliphatic carbocycles. The smallest absolute Gasteiger partial charge is 0.0198 e. The molecule has 0 bridgehead atoms. The predicted octanol–water partition coefficient (Wildman–Crippen LogP) is 3.13. The molecular weight excluding hydrogens is 220 g/mol. The summed E-state index contributed by atoms with van der Waals surface area (Å²) in [6, 6.07) is 1.60. The zero-order valence-electron chi connectivity index (χ0n) is 13.0. The highest BCUT2D eigenvalue weighted by Crippen LogP contribution is 2.33. The lowest BCUT2D eigenvalue weighted by molar-refractivity contribution is 0.0361. The van der Waals surface area contributed by atoms with Crippen LogP contribution in [0.15, 0.2) is 0 Å². The van der Waals surface area contributed by atoms with E-state index in [1.807, 2.05) is 0 Å². The topological polar surface area (TPSA) is 15.3 Å². The molecule has 0 amide bonds. The van der Waals surface area contributed by atoms with Gasteiger partial charge in [-0.15, -0.1) is 0 Å². The summed E-state index contributed by atoms with van der Waals surface area (Å²) >= 11 is 0. The average molecular weight is 252 g/mol. The molecule has 0 spiro atoms. The molecule has 0 aromatic heterocycles. The number of piperidine rings is 1. The Balaban J connectivity index is 1.81. The van der Waals surface area contributed by atoms with E-state index in [-0.39, 0.29) is 0 Å². The third-order valence-corrected chi connectivity index (χ3v) is 4.47. The van der Waals surface area contributed by atoms with Crippen LogP contribution in [0.1, 0.15) is 53.9 Å². The summed E-state index contributed by atoms with van der Waals surface area (Å²) in [6.45, 7) is 15.5. The highest BCUT2D eigenvalue weighted by atomic mass is 15.2. The van der Waals surface area contributed by atoms with Crippen molar-refractivity contribution in [1.29, 1.82) is 0 Å². The van der Waals surface area contributed by atoms with E-state index in [2.05, 4.69) is 44.8 Å². The second kappa shape index (κ2) is 5.50. The third kappa shape index (κ3) is 3.96. The van der Waals surface area contributed by atoms with Crippen LogP contribution in [0.2, 0.25) is 0 Å². The summed E-state index contributed by atoms with van der Waals surface area (Å²) in [5.41, 5.74) is 0.399. The first-order chi connectivity index (χ1) is 8.33. The molecule has 2 unspecified atom stereocenters. The van der Waals surface area contributed by atoms with E-state index in [9.17, 15) is 0 Å². The van der Waals surface area contributed by atoms with Gasteiger partial charge in [0.05, 0.1) is 0 Å². The summed E-state index contributed by atoms with van der Waals surface area (Å²) < 4.78 is 0. The van der Waals surface area contributed by atoms with Crippen molar-refractivity contribution in [2.45, 2.75) is 66.0 Å². The second-order valence-electron chi connectivity index (χ2n) is 8.16. The van der Waals surface area contributed by atoms with Gasteiger partial charge in [-0.1, -0.05) is 34.6 Å². The van der Waals surface area contributed by atoms with Crippen molar-refractivity contribution in [1.82, 2.24) is 10.2 Å². The van der Waals surface area contributed by atoms with E-state index in [1.165, 1.54) is 32.4 Å². The van der Waals surface area contributed by atoms with Crippen molar-refractivity contribution in [3.63, 3.8) is 0 Å². The van der Waals surface area contributed by atoms with Crippen LogP contribution in [0.4, 0.5) is 0 Å². The largest absolute Gasteiger partial charge is 0.312 e. The fourth-order valence-electron chi connectivity index (χ4n) is 3.45. The van der Waals surface area contributed by atoms with E-state index in [0.29, 0.717) is 11.5 Å². The molecule has 2 aliphatic rings. The molecule has 0 aromatic carbocycles. The highest BCUT2D eigenvalue weighted by molar-refractivity contribution is 4.91. The predicted molar refractivity (Wildman–Crippen MR) is 78.8 cm³/mol. The van der Waals surface area contributed by atoms with Crippen molar-refractivity contribution in [3.05, 3.63) is 0 Å².